The second kappa shape index (κ2) is 5.95. The van der Waals surface area contributed by atoms with E-state index in [1.54, 1.807) is 0 Å². The molecule has 3 rings (SSSR count). The van der Waals surface area contributed by atoms with Crippen LogP contribution >= 0.6 is 12.6 Å². The molecule has 0 aromatic heterocycles. The van der Waals surface area contributed by atoms with Gasteiger partial charge in [0, 0.05) is 10.3 Å². The quantitative estimate of drug-likeness (QED) is 0.410. The average molecular weight is 339 g/mol. The number of benzene rings is 1. The van der Waals surface area contributed by atoms with Gasteiger partial charge in [0.15, 0.2) is 0 Å². The summed E-state index contributed by atoms with van der Waals surface area (Å²) in [7, 11) is 0. The fourth-order valence-corrected chi connectivity index (χ4v) is 5.25. The van der Waals surface area contributed by atoms with Crippen LogP contribution in [0.4, 0.5) is 0 Å². The lowest BCUT2D eigenvalue weighted by atomic mass is 9.58. The van der Waals surface area contributed by atoms with E-state index in [4.69, 9.17) is 12.6 Å². The van der Waals surface area contributed by atoms with Gasteiger partial charge in [0.25, 0.3) is 0 Å². The van der Waals surface area contributed by atoms with Crippen molar-refractivity contribution in [3.63, 3.8) is 0 Å². The van der Waals surface area contributed by atoms with E-state index in [1.807, 2.05) is 0 Å². The maximum atomic E-state index is 4.99. The van der Waals surface area contributed by atoms with Gasteiger partial charge in [-0.1, -0.05) is 38.2 Å². The summed E-state index contributed by atoms with van der Waals surface area (Å²) < 4.78 is 0. The molecule has 0 saturated carbocycles. The minimum absolute atomic E-state index is 0.0738. The van der Waals surface area contributed by atoms with Crippen LogP contribution in [0.1, 0.15) is 73.8 Å². The Morgan fingerprint density at radius 3 is 2.46 bits per heavy atom. The predicted molar refractivity (Wildman–Crippen MR) is 109 cm³/mol. The number of hydrogen-bond acceptors (Lipinski definition) is 1. The molecular formula is C23H30S. The molecule has 128 valence electrons. The number of thiol groups is 1. The Morgan fingerprint density at radius 2 is 1.92 bits per heavy atom. The Labute approximate surface area is 153 Å². The SMILES string of the molecule is C=C1/C(=C(/C)CC)c2c(C)c(C)c(C)c(S)c2C(C)C12C=CCC2. The first-order valence-corrected chi connectivity index (χ1v) is 9.62. The zero-order chi connectivity index (χ0) is 17.8. The molecule has 0 amide bonds. The van der Waals surface area contributed by atoms with Gasteiger partial charge < -0.3 is 0 Å². The lowest BCUT2D eigenvalue weighted by molar-refractivity contribution is 0.374. The summed E-state index contributed by atoms with van der Waals surface area (Å²) >= 11 is 4.99. The normalized spacial score (nSPS) is 27.8. The standard InChI is InChI=1S/C23H30S/c1-8-13(2)19-17(6)23(11-9-10-12-23)18(7)21-20(19)15(4)14(3)16(5)22(21)24/h9,11,18,24H,6,8,10,12H2,1-5,7H3/b19-13+. The molecule has 2 aliphatic rings. The van der Waals surface area contributed by atoms with Gasteiger partial charge in [-0.05, 0) is 91.8 Å². The van der Waals surface area contributed by atoms with Crippen molar-refractivity contribution in [1.29, 1.82) is 0 Å². The summed E-state index contributed by atoms with van der Waals surface area (Å²) in [5, 5.41) is 0. The third kappa shape index (κ3) is 2.13. The Kier molecular flexibility index (Phi) is 4.36. The first kappa shape index (κ1) is 17.6. The highest BCUT2D eigenvalue weighted by molar-refractivity contribution is 7.80. The molecule has 24 heavy (non-hydrogen) atoms. The van der Waals surface area contributed by atoms with Crippen LogP contribution in [0.3, 0.4) is 0 Å². The van der Waals surface area contributed by atoms with Crippen LogP contribution in [0, 0.1) is 26.2 Å². The first-order valence-electron chi connectivity index (χ1n) is 9.18. The van der Waals surface area contributed by atoms with E-state index in [-0.39, 0.29) is 5.41 Å². The Balaban J connectivity index is 2.47. The monoisotopic (exact) mass is 338 g/mol. The molecule has 1 spiro atoms. The van der Waals surface area contributed by atoms with Gasteiger partial charge in [0.2, 0.25) is 0 Å². The zero-order valence-corrected chi connectivity index (χ0v) is 16.9. The smallest absolute Gasteiger partial charge is 0.0202 e. The van der Waals surface area contributed by atoms with Crippen LogP contribution in [-0.4, -0.2) is 0 Å². The van der Waals surface area contributed by atoms with Crippen molar-refractivity contribution in [2.75, 3.05) is 0 Å². The highest BCUT2D eigenvalue weighted by Gasteiger charge is 2.46. The lowest BCUT2D eigenvalue weighted by Gasteiger charge is -2.45. The second-order valence-corrected chi connectivity index (χ2v) is 8.15. The highest BCUT2D eigenvalue weighted by Crippen LogP contribution is 2.61. The van der Waals surface area contributed by atoms with E-state index in [9.17, 15) is 0 Å². The van der Waals surface area contributed by atoms with Gasteiger partial charge in [0.1, 0.15) is 0 Å². The molecule has 2 atom stereocenters. The van der Waals surface area contributed by atoms with Gasteiger partial charge >= 0.3 is 0 Å². The molecule has 1 aromatic rings. The molecule has 0 nitrogen and oxygen atoms in total. The molecule has 2 unspecified atom stereocenters. The molecule has 1 aromatic carbocycles. The summed E-state index contributed by atoms with van der Waals surface area (Å²) in [5.74, 6) is 0.428. The summed E-state index contributed by atoms with van der Waals surface area (Å²) in [6.07, 6.45) is 8.17. The Hall–Kier alpha value is -1.21. The molecule has 0 saturated heterocycles. The minimum Gasteiger partial charge on any atom is -0.143 e. The summed E-state index contributed by atoms with van der Waals surface area (Å²) in [4.78, 5) is 1.19. The molecule has 0 aliphatic heterocycles. The fourth-order valence-electron chi connectivity index (χ4n) is 4.77. The lowest BCUT2D eigenvalue weighted by Crippen LogP contribution is -2.32. The zero-order valence-electron chi connectivity index (χ0n) is 16.0. The van der Waals surface area contributed by atoms with Gasteiger partial charge in [-0.2, -0.15) is 0 Å². The predicted octanol–water partition coefficient (Wildman–Crippen LogP) is 7.09. The van der Waals surface area contributed by atoms with Gasteiger partial charge in [-0.25, -0.2) is 0 Å². The maximum Gasteiger partial charge on any atom is 0.0202 e. The van der Waals surface area contributed by atoms with Crippen molar-refractivity contribution in [2.45, 2.75) is 71.6 Å². The van der Waals surface area contributed by atoms with Crippen molar-refractivity contribution in [2.24, 2.45) is 5.41 Å². The summed E-state index contributed by atoms with van der Waals surface area (Å²) in [6, 6.07) is 0. The highest BCUT2D eigenvalue weighted by atomic mass is 32.1. The second-order valence-electron chi connectivity index (χ2n) is 7.70. The molecule has 1 heteroatoms. The van der Waals surface area contributed by atoms with Crippen LogP contribution in [0.2, 0.25) is 0 Å². The van der Waals surface area contributed by atoms with Crippen LogP contribution in [0.25, 0.3) is 5.57 Å². The van der Waals surface area contributed by atoms with Crippen molar-refractivity contribution in [3.8, 4) is 0 Å². The molecule has 0 radical (unpaired) electrons. The topological polar surface area (TPSA) is 0 Å². The van der Waals surface area contributed by atoms with Crippen LogP contribution < -0.4 is 0 Å². The van der Waals surface area contributed by atoms with E-state index in [2.05, 4.69) is 60.3 Å². The summed E-state index contributed by atoms with van der Waals surface area (Å²) in [6.45, 7) is 18.3. The van der Waals surface area contributed by atoms with Crippen LogP contribution in [-0.2, 0) is 0 Å². The maximum absolute atomic E-state index is 4.99. The molecule has 0 bridgehead atoms. The summed E-state index contributed by atoms with van der Waals surface area (Å²) in [5.41, 5.74) is 11.2. The molecular weight excluding hydrogens is 308 g/mol. The molecule has 2 aliphatic carbocycles. The molecule has 0 N–H and O–H groups in total. The largest absolute Gasteiger partial charge is 0.143 e. The van der Waals surface area contributed by atoms with E-state index in [1.165, 1.54) is 55.9 Å². The van der Waals surface area contributed by atoms with Gasteiger partial charge in [0.05, 0.1) is 0 Å². The number of hydrogen-bond donors (Lipinski definition) is 1. The fraction of sp³-hybridized carbons (Fsp3) is 0.478. The van der Waals surface area contributed by atoms with Crippen molar-refractivity contribution in [3.05, 3.63) is 57.7 Å². The third-order valence-electron chi connectivity index (χ3n) is 6.80. The van der Waals surface area contributed by atoms with Crippen molar-refractivity contribution >= 4 is 18.2 Å². The van der Waals surface area contributed by atoms with E-state index < -0.39 is 0 Å². The van der Waals surface area contributed by atoms with Crippen LogP contribution in [0.5, 0.6) is 0 Å². The van der Waals surface area contributed by atoms with Gasteiger partial charge in [-0.15, -0.1) is 12.6 Å². The third-order valence-corrected chi connectivity index (χ3v) is 7.37. The number of allylic oxidation sites excluding steroid dienone is 5. The van der Waals surface area contributed by atoms with E-state index in [0.29, 0.717) is 5.92 Å². The number of rotatable bonds is 1. The van der Waals surface area contributed by atoms with Gasteiger partial charge in [-0.3, -0.25) is 0 Å². The Bertz CT molecular complexity index is 791. The molecule has 0 heterocycles. The van der Waals surface area contributed by atoms with E-state index >= 15 is 0 Å². The first-order chi connectivity index (χ1) is 11.3. The Morgan fingerprint density at radius 1 is 1.25 bits per heavy atom. The number of fused-ring (bicyclic) bond motifs is 1. The van der Waals surface area contributed by atoms with Crippen molar-refractivity contribution in [1.82, 2.24) is 0 Å². The van der Waals surface area contributed by atoms with Crippen molar-refractivity contribution < 1.29 is 0 Å². The minimum atomic E-state index is 0.0738. The average Bonchev–Trinajstić information content (AvgIpc) is 3.06. The molecule has 0 fully saturated rings. The van der Waals surface area contributed by atoms with E-state index in [0.717, 1.165) is 12.8 Å². The van der Waals surface area contributed by atoms with Crippen LogP contribution in [0.15, 0.2) is 34.8 Å².